The van der Waals surface area contributed by atoms with Crippen molar-refractivity contribution < 1.29 is 9.53 Å². The van der Waals surface area contributed by atoms with Gasteiger partial charge in [0.2, 0.25) is 0 Å². The number of carbonyl (C=O) groups is 1. The molecule has 1 heterocycles. The first-order chi connectivity index (χ1) is 10.1. The number of nitrogens with zero attached hydrogens (tertiary/aromatic N) is 1. The van der Waals surface area contributed by atoms with Gasteiger partial charge in [0.15, 0.2) is 0 Å². The van der Waals surface area contributed by atoms with Gasteiger partial charge in [0, 0.05) is 24.7 Å². The monoisotopic (exact) mass is 290 g/mol. The third-order valence-electron chi connectivity index (χ3n) is 3.94. The topological polar surface area (TPSA) is 41.6 Å². The maximum atomic E-state index is 12.6. The SMILES string of the molecule is COc1cccc(C(=O)N2CCCC(CNC(C)C)C2)c1. The molecule has 1 saturated heterocycles. The highest BCUT2D eigenvalue weighted by Crippen LogP contribution is 2.20. The number of rotatable bonds is 5. The van der Waals surface area contributed by atoms with Gasteiger partial charge in [-0.1, -0.05) is 19.9 Å². The van der Waals surface area contributed by atoms with E-state index in [0.29, 0.717) is 17.5 Å². The van der Waals surface area contributed by atoms with Crippen molar-refractivity contribution >= 4 is 5.91 Å². The van der Waals surface area contributed by atoms with Gasteiger partial charge in [-0.2, -0.15) is 0 Å². The van der Waals surface area contributed by atoms with E-state index in [1.165, 1.54) is 6.42 Å². The quantitative estimate of drug-likeness (QED) is 0.906. The lowest BCUT2D eigenvalue weighted by Gasteiger charge is -2.33. The molecule has 21 heavy (non-hydrogen) atoms. The maximum Gasteiger partial charge on any atom is 0.253 e. The Morgan fingerprint density at radius 2 is 2.29 bits per heavy atom. The summed E-state index contributed by atoms with van der Waals surface area (Å²) in [5, 5.41) is 3.47. The lowest BCUT2D eigenvalue weighted by Crippen LogP contribution is -2.43. The Kier molecular flexibility index (Phi) is 5.62. The molecule has 0 aromatic heterocycles. The first-order valence-corrected chi connectivity index (χ1v) is 7.77. The largest absolute Gasteiger partial charge is 0.497 e. The minimum atomic E-state index is 0.114. The summed E-state index contributed by atoms with van der Waals surface area (Å²) in [6.45, 7) is 6.99. The minimum absolute atomic E-state index is 0.114. The van der Waals surface area contributed by atoms with Gasteiger partial charge in [0.25, 0.3) is 5.91 Å². The highest BCUT2D eigenvalue weighted by molar-refractivity contribution is 5.94. The van der Waals surface area contributed by atoms with E-state index < -0.39 is 0 Å². The third-order valence-corrected chi connectivity index (χ3v) is 3.94. The van der Waals surface area contributed by atoms with Crippen molar-refractivity contribution in [2.45, 2.75) is 32.7 Å². The number of likely N-dealkylation sites (tertiary alicyclic amines) is 1. The Bertz CT molecular complexity index is 474. The van der Waals surface area contributed by atoms with Crippen LogP contribution in [0.2, 0.25) is 0 Å². The molecule has 1 N–H and O–H groups in total. The van der Waals surface area contributed by atoms with Crippen molar-refractivity contribution in [3.63, 3.8) is 0 Å². The van der Waals surface area contributed by atoms with E-state index in [0.717, 1.165) is 31.8 Å². The van der Waals surface area contributed by atoms with Gasteiger partial charge in [0.1, 0.15) is 5.75 Å². The number of amides is 1. The van der Waals surface area contributed by atoms with Crippen LogP contribution in [0.15, 0.2) is 24.3 Å². The molecule has 4 nitrogen and oxygen atoms in total. The smallest absolute Gasteiger partial charge is 0.253 e. The van der Waals surface area contributed by atoms with Gasteiger partial charge in [-0.3, -0.25) is 4.79 Å². The second-order valence-electron chi connectivity index (χ2n) is 6.05. The van der Waals surface area contributed by atoms with Crippen molar-refractivity contribution in [3.8, 4) is 5.75 Å². The van der Waals surface area contributed by atoms with Gasteiger partial charge >= 0.3 is 0 Å². The molecule has 1 amide bonds. The number of carbonyl (C=O) groups excluding carboxylic acids is 1. The van der Waals surface area contributed by atoms with Crippen molar-refractivity contribution in [1.82, 2.24) is 10.2 Å². The number of methoxy groups -OCH3 is 1. The first-order valence-electron chi connectivity index (χ1n) is 7.77. The van der Waals surface area contributed by atoms with E-state index in [2.05, 4.69) is 19.2 Å². The molecule has 0 bridgehead atoms. The molecule has 0 aliphatic carbocycles. The van der Waals surface area contributed by atoms with Crippen LogP contribution in [0.4, 0.5) is 0 Å². The summed E-state index contributed by atoms with van der Waals surface area (Å²) < 4.78 is 5.20. The van der Waals surface area contributed by atoms with E-state index in [1.807, 2.05) is 29.2 Å². The van der Waals surface area contributed by atoms with E-state index in [-0.39, 0.29) is 5.91 Å². The minimum Gasteiger partial charge on any atom is -0.497 e. The number of benzene rings is 1. The zero-order valence-electron chi connectivity index (χ0n) is 13.3. The third kappa shape index (κ3) is 4.46. The van der Waals surface area contributed by atoms with Crippen molar-refractivity contribution in [1.29, 1.82) is 0 Å². The lowest BCUT2D eigenvalue weighted by molar-refractivity contribution is 0.0672. The zero-order chi connectivity index (χ0) is 15.2. The van der Waals surface area contributed by atoms with Crippen LogP contribution in [0.3, 0.4) is 0 Å². The molecule has 4 heteroatoms. The molecule has 1 unspecified atom stereocenters. The fourth-order valence-corrected chi connectivity index (χ4v) is 2.76. The van der Waals surface area contributed by atoms with Crippen molar-refractivity contribution in [3.05, 3.63) is 29.8 Å². The fourth-order valence-electron chi connectivity index (χ4n) is 2.76. The summed E-state index contributed by atoms with van der Waals surface area (Å²) in [6.07, 6.45) is 2.28. The Morgan fingerprint density at radius 3 is 3.00 bits per heavy atom. The van der Waals surface area contributed by atoms with E-state index in [9.17, 15) is 4.79 Å². The Hall–Kier alpha value is -1.55. The number of hydrogen-bond donors (Lipinski definition) is 1. The van der Waals surface area contributed by atoms with E-state index in [1.54, 1.807) is 7.11 Å². The molecule has 0 saturated carbocycles. The van der Waals surface area contributed by atoms with Gasteiger partial charge in [-0.05, 0) is 43.5 Å². The van der Waals surface area contributed by atoms with Crippen LogP contribution in [-0.4, -0.2) is 43.6 Å². The molecule has 116 valence electrons. The average molecular weight is 290 g/mol. The first kappa shape index (κ1) is 15.8. The predicted octanol–water partition coefficient (Wildman–Crippen LogP) is 2.55. The number of ether oxygens (including phenoxy) is 1. The van der Waals surface area contributed by atoms with E-state index >= 15 is 0 Å². The van der Waals surface area contributed by atoms with Crippen LogP contribution in [0.1, 0.15) is 37.0 Å². The second-order valence-corrected chi connectivity index (χ2v) is 6.05. The summed E-state index contributed by atoms with van der Waals surface area (Å²) in [6, 6.07) is 7.91. The second kappa shape index (κ2) is 7.46. The average Bonchev–Trinajstić information content (AvgIpc) is 2.52. The maximum absolute atomic E-state index is 12.6. The number of nitrogens with one attached hydrogen (secondary N) is 1. The zero-order valence-corrected chi connectivity index (χ0v) is 13.3. The molecule has 1 atom stereocenters. The molecule has 0 spiro atoms. The van der Waals surface area contributed by atoms with Crippen LogP contribution in [0, 0.1) is 5.92 Å². The molecular weight excluding hydrogens is 264 g/mol. The van der Waals surface area contributed by atoms with Gasteiger partial charge in [-0.25, -0.2) is 0 Å². The molecule has 0 radical (unpaired) electrons. The van der Waals surface area contributed by atoms with Crippen LogP contribution >= 0.6 is 0 Å². The lowest BCUT2D eigenvalue weighted by atomic mass is 9.97. The molecule has 1 aromatic rings. The highest BCUT2D eigenvalue weighted by Gasteiger charge is 2.24. The summed E-state index contributed by atoms with van der Waals surface area (Å²) in [7, 11) is 1.62. The summed E-state index contributed by atoms with van der Waals surface area (Å²) in [4.78, 5) is 14.6. The Morgan fingerprint density at radius 1 is 1.48 bits per heavy atom. The molecule has 1 aliphatic rings. The Balaban J connectivity index is 1.98. The predicted molar refractivity (Wildman–Crippen MR) is 84.8 cm³/mol. The molecule has 1 aliphatic heterocycles. The van der Waals surface area contributed by atoms with Crippen molar-refractivity contribution in [2.75, 3.05) is 26.7 Å². The standard InChI is InChI=1S/C17H26N2O2/c1-13(2)18-11-14-6-5-9-19(12-14)17(20)15-7-4-8-16(10-15)21-3/h4,7-8,10,13-14,18H,5-6,9,11-12H2,1-3H3. The normalized spacial score (nSPS) is 18.9. The number of piperidine rings is 1. The number of hydrogen-bond acceptors (Lipinski definition) is 3. The van der Waals surface area contributed by atoms with Crippen LogP contribution in [-0.2, 0) is 0 Å². The molecule has 2 rings (SSSR count). The molecule has 1 aromatic carbocycles. The summed E-state index contributed by atoms with van der Waals surface area (Å²) in [5.74, 6) is 1.40. The fraction of sp³-hybridized carbons (Fsp3) is 0.588. The summed E-state index contributed by atoms with van der Waals surface area (Å²) in [5.41, 5.74) is 0.715. The van der Waals surface area contributed by atoms with Gasteiger partial charge < -0.3 is 15.0 Å². The van der Waals surface area contributed by atoms with Crippen LogP contribution in [0.25, 0.3) is 0 Å². The van der Waals surface area contributed by atoms with Crippen LogP contribution in [0.5, 0.6) is 5.75 Å². The van der Waals surface area contributed by atoms with Crippen molar-refractivity contribution in [2.24, 2.45) is 5.92 Å². The Labute approximate surface area is 127 Å². The van der Waals surface area contributed by atoms with E-state index in [4.69, 9.17) is 4.74 Å². The molecule has 1 fully saturated rings. The van der Waals surface area contributed by atoms with Gasteiger partial charge in [-0.15, -0.1) is 0 Å². The summed E-state index contributed by atoms with van der Waals surface area (Å²) >= 11 is 0. The van der Waals surface area contributed by atoms with Gasteiger partial charge in [0.05, 0.1) is 7.11 Å². The highest BCUT2D eigenvalue weighted by atomic mass is 16.5. The molecular formula is C17H26N2O2. The van der Waals surface area contributed by atoms with Crippen LogP contribution < -0.4 is 10.1 Å².